The van der Waals surface area contributed by atoms with Crippen LogP contribution in [-0.4, -0.2) is 31.7 Å². The van der Waals surface area contributed by atoms with Crippen molar-refractivity contribution in [2.75, 3.05) is 20.3 Å². The SMILES string of the molecule is CCOC(=O)C(C=S)CC=CCCCCCCCOC. The summed E-state index contributed by atoms with van der Waals surface area (Å²) in [6, 6.07) is 0. The molecule has 0 aliphatic carbocycles. The molecule has 3 nitrogen and oxygen atoms in total. The summed E-state index contributed by atoms with van der Waals surface area (Å²) in [5, 5.41) is 1.50. The normalized spacial score (nSPS) is 12.5. The molecule has 0 aromatic heterocycles. The standard InChI is InChI=1S/C16H28O3S/c1-3-19-16(17)15(14-20)12-10-8-6-4-5-7-9-11-13-18-2/h8,10,14-15H,3-7,9,11-13H2,1-2H3. The van der Waals surface area contributed by atoms with E-state index in [0.29, 0.717) is 13.0 Å². The zero-order valence-corrected chi connectivity index (χ0v) is 13.6. The zero-order valence-electron chi connectivity index (χ0n) is 12.8. The number of carbonyl (C=O) groups excluding carboxylic acids is 1. The van der Waals surface area contributed by atoms with Gasteiger partial charge in [-0.25, -0.2) is 0 Å². The molecule has 0 amide bonds. The maximum absolute atomic E-state index is 11.5. The lowest BCUT2D eigenvalue weighted by atomic mass is 10.1. The Labute approximate surface area is 128 Å². The molecule has 0 saturated carbocycles. The van der Waals surface area contributed by atoms with Crippen LogP contribution in [0.5, 0.6) is 0 Å². The summed E-state index contributed by atoms with van der Waals surface area (Å²) in [4.78, 5) is 11.5. The third kappa shape index (κ3) is 11.1. The molecule has 0 radical (unpaired) electrons. The number of allylic oxidation sites excluding steroid dienone is 2. The van der Waals surface area contributed by atoms with E-state index in [4.69, 9.17) is 21.7 Å². The molecule has 0 N–H and O–H groups in total. The van der Waals surface area contributed by atoms with Gasteiger partial charge in [0.05, 0.1) is 12.5 Å². The quantitative estimate of drug-likeness (QED) is 0.222. The second-order valence-electron chi connectivity index (χ2n) is 4.75. The van der Waals surface area contributed by atoms with Crippen molar-refractivity contribution in [1.82, 2.24) is 0 Å². The number of rotatable bonds is 13. The van der Waals surface area contributed by atoms with Crippen molar-refractivity contribution >= 4 is 23.6 Å². The number of hydrogen-bond acceptors (Lipinski definition) is 4. The lowest BCUT2D eigenvalue weighted by Gasteiger charge is -2.07. The highest BCUT2D eigenvalue weighted by Gasteiger charge is 2.14. The number of unbranched alkanes of at least 4 members (excludes halogenated alkanes) is 5. The van der Waals surface area contributed by atoms with Crippen molar-refractivity contribution in [3.63, 3.8) is 0 Å². The summed E-state index contributed by atoms with van der Waals surface area (Å²) in [5.74, 6) is -0.500. The minimum Gasteiger partial charge on any atom is -0.466 e. The van der Waals surface area contributed by atoms with Crippen molar-refractivity contribution in [2.45, 2.75) is 51.9 Å². The molecule has 0 bridgehead atoms. The predicted molar refractivity (Wildman–Crippen MR) is 87.1 cm³/mol. The molecular formula is C16H28O3S. The molecular weight excluding hydrogens is 272 g/mol. The summed E-state index contributed by atoms with van der Waals surface area (Å²) in [5.41, 5.74) is 0. The average Bonchev–Trinajstić information content (AvgIpc) is 2.45. The molecule has 0 saturated heterocycles. The van der Waals surface area contributed by atoms with Gasteiger partial charge < -0.3 is 9.47 Å². The van der Waals surface area contributed by atoms with Crippen LogP contribution in [0.15, 0.2) is 12.2 Å². The Bertz CT molecular complexity index is 277. The number of methoxy groups -OCH3 is 1. The van der Waals surface area contributed by atoms with Crippen molar-refractivity contribution in [3.8, 4) is 0 Å². The third-order valence-corrected chi connectivity index (χ3v) is 3.36. The molecule has 0 aliphatic rings. The zero-order chi connectivity index (χ0) is 15.1. The summed E-state index contributed by atoms with van der Waals surface area (Å²) in [6.07, 6.45) is 12.0. The smallest absolute Gasteiger partial charge is 0.313 e. The number of ether oxygens (including phenoxy) is 2. The van der Waals surface area contributed by atoms with Crippen LogP contribution in [0, 0.1) is 5.92 Å². The number of hydrogen-bond donors (Lipinski definition) is 0. The molecule has 0 spiro atoms. The van der Waals surface area contributed by atoms with Gasteiger partial charge in [0.15, 0.2) is 0 Å². The van der Waals surface area contributed by atoms with Crippen LogP contribution < -0.4 is 0 Å². The van der Waals surface area contributed by atoms with Crippen LogP contribution in [0.2, 0.25) is 0 Å². The van der Waals surface area contributed by atoms with Crippen LogP contribution >= 0.6 is 12.2 Å². The highest BCUT2D eigenvalue weighted by atomic mass is 32.1. The topological polar surface area (TPSA) is 35.5 Å². The van der Waals surface area contributed by atoms with Crippen LogP contribution in [0.25, 0.3) is 0 Å². The Morgan fingerprint density at radius 3 is 2.50 bits per heavy atom. The maximum atomic E-state index is 11.5. The van der Waals surface area contributed by atoms with Crippen LogP contribution in [0.4, 0.5) is 0 Å². The fourth-order valence-corrected chi connectivity index (χ4v) is 2.08. The van der Waals surface area contributed by atoms with Crippen molar-refractivity contribution in [3.05, 3.63) is 12.2 Å². The first-order valence-corrected chi connectivity index (χ1v) is 7.99. The van der Waals surface area contributed by atoms with E-state index < -0.39 is 0 Å². The Kier molecular flexibility index (Phi) is 14.1. The fraction of sp³-hybridized carbons (Fsp3) is 0.750. The number of carbonyl (C=O) groups is 1. The molecule has 1 atom stereocenters. The summed E-state index contributed by atoms with van der Waals surface area (Å²) in [7, 11) is 1.74. The average molecular weight is 300 g/mol. The number of thiocarbonyl (C=S) groups is 1. The Morgan fingerprint density at radius 2 is 1.85 bits per heavy atom. The second-order valence-corrected chi connectivity index (χ2v) is 5.02. The minimum absolute atomic E-state index is 0.217. The first kappa shape index (κ1) is 19.3. The summed E-state index contributed by atoms with van der Waals surface area (Å²) < 4.78 is 9.97. The van der Waals surface area contributed by atoms with Crippen molar-refractivity contribution < 1.29 is 14.3 Å². The van der Waals surface area contributed by atoms with Gasteiger partial charge in [-0.15, -0.1) is 0 Å². The Morgan fingerprint density at radius 1 is 1.15 bits per heavy atom. The van der Waals surface area contributed by atoms with Crippen LogP contribution in [-0.2, 0) is 14.3 Å². The van der Waals surface area contributed by atoms with E-state index in [1.807, 2.05) is 6.08 Å². The molecule has 0 aromatic carbocycles. The molecule has 20 heavy (non-hydrogen) atoms. The van der Waals surface area contributed by atoms with E-state index in [1.54, 1.807) is 14.0 Å². The lowest BCUT2D eigenvalue weighted by Crippen LogP contribution is -2.17. The largest absolute Gasteiger partial charge is 0.466 e. The van der Waals surface area contributed by atoms with Crippen molar-refractivity contribution in [2.24, 2.45) is 5.92 Å². The van der Waals surface area contributed by atoms with Crippen LogP contribution in [0.3, 0.4) is 0 Å². The van der Waals surface area contributed by atoms with E-state index >= 15 is 0 Å². The molecule has 0 fully saturated rings. The molecule has 0 rings (SSSR count). The Hall–Kier alpha value is -0.740. The number of esters is 1. The van der Waals surface area contributed by atoms with Gasteiger partial charge in [0.1, 0.15) is 0 Å². The first-order chi connectivity index (χ1) is 9.76. The first-order valence-electron chi connectivity index (χ1n) is 7.52. The van der Waals surface area contributed by atoms with Gasteiger partial charge in [0.2, 0.25) is 0 Å². The molecule has 0 aromatic rings. The highest BCUT2D eigenvalue weighted by Crippen LogP contribution is 2.08. The summed E-state index contributed by atoms with van der Waals surface area (Å²) in [6.45, 7) is 3.08. The van der Waals surface area contributed by atoms with Gasteiger partial charge in [-0.1, -0.05) is 43.6 Å². The molecule has 0 aliphatic heterocycles. The van der Waals surface area contributed by atoms with E-state index in [-0.39, 0.29) is 11.9 Å². The monoisotopic (exact) mass is 300 g/mol. The molecule has 1 unspecified atom stereocenters. The van der Waals surface area contributed by atoms with E-state index in [2.05, 4.69) is 6.08 Å². The second kappa shape index (κ2) is 14.7. The van der Waals surface area contributed by atoms with Crippen molar-refractivity contribution in [1.29, 1.82) is 0 Å². The van der Waals surface area contributed by atoms with Gasteiger partial charge in [-0.3, -0.25) is 4.79 Å². The Balaban J connectivity index is 3.54. The van der Waals surface area contributed by atoms with Gasteiger partial charge in [-0.2, -0.15) is 0 Å². The van der Waals surface area contributed by atoms with Gasteiger partial charge in [0.25, 0.3) is 0 Å². The highest BCUT2D eigenvalue weighted by molar-refractivity contribution is 7.79. The maximum Gasteiger partial charge on any atom is 0.313 e. The predicted octanol–water partition coefficient (Wildman–Crippen LogP) is 4.10. The molecule has 4 heteroatoms. The van der Waals surface area contributed by atoms with E-state index in [9.17, 15) is 4.79 Å². The van der Waals surface area contributed by atoms with E-state index in [1.165, 1.54) is 31.1 Å². The molecule has 0 heterocycles. The van der Waals surface area contributed by atoms with Gasteiger partial charge in [0, 0.05) is 13.7 Å². The van der Waals surface area contributed by atoms with Gasteiger partial charge >= 0.3 is 5.97 Å². The van der Waals surface area contributed by atoms with Gasteiger partial charge in [-0.05, 0) is 38.0 Å². The summed E-state index contributed by atoms with van der Waals surface area (Å²) >= 11 is 4.86. The lowest BCUT2D eigenvalue weighted by molar-refractivity contribution is -0.145. The third-order valence-electron chi connectivity index (χ3n) is 3.03. The van der Waals surface area contributed by atoms with E-state index in [0.717, 1.165) is 19.4 Å². The van der Waals surface area contributed by atoms with Crippen LogP contribution in [0.1, 0.15) is 51.9 Å². The molecule has 116 valence electrons. The fourth-order valence-electron chi connectivity index (χ4n) is 1.86. The minimum atomic E-state index is -0.282.